The van der Waals surface area contributed by atoms with E-state index in [0.717, 1.165) is 5.57 Å². The highest BCUT2D eigenvalue weighted by Crippen LogP contribution is 2.22. The van der Waals surface area contributed by atoms with Crippen molar-refractivity contribution in [1.29, 1.82) is 0 Å². The number of anilines is 2. The maximum absolute atomic E-state index is 13.0. The van der Waals surface area contributed by atoms with Gasteiger partial charge in [-0.1, -0.05) is 18.7 Å². The van der Waals surface area contributed by atoms with Gasteiger partial charge in [-0.15, -0.1) is 0 Å². The summed E-state index contributed by atoms with van der Waals surface area (Å²) < 4.78 is 13.0. The number of nitrogens with two attached hydrogens (primary N) is 2. The second-order valence-electron chi connectivity index (χ2n) is 4.36. The van der Waals surface area contributed by atoms with Gasteiger partial charge in [-0.3, -0.25) is 0 Å². The van der Waals surface area contributed by atoms with Crippen molar-refractivity contribution >= 4 is 17.3 Å². The van der Waals surface area contributed by atoms with Crippen molar-refractivity contribution in [2.24, 2.45) is 5.84 Å². The number of allylic oxidation sites excluding steroid dienone is 1. The molecule has 1 rings (SSSR count). The van der Waals surface area contributed by atoms with Crippen LogP contribution in [0.15, 0.2) is 54.2 Å². The number of hydrazine groups is 1. The van der Waals surface area contributed by atoms with Crippen LogP contribution in [0.25, 0.3) is 0 Å². The molecule has 0 heterocycles. The van der Waals surface area contributed by atoms with E-state index in [2.05, 4.69) is 6.58 Å². The molecule has 5 N–H and O–H groups in total. The second kappa shape index (κ2) is 7.25. The Balaban J connectivity index is 2.82. The first-order valence-electron chi connectivity index (χ1n) is 6.18. The van der Waals surface area contributed by atoms with E-state index in [1.54, 1.807) is 19.1 Å². The first kappa shape index (κ1) is 16.5. The summed E-state index contributed by atoms with van der Waals surface area (Å²) in [4.78, 5) is 10.7. The molecular weight excluding hydrogens is 273 g/mol. The monoisotopic (exact) mass is 291 g/mol. The Bertz CT molecular complexity index is 609. The zero-order valence-electron chi connectivity index (χ0n) is 11.7. The van der Waals surface area contributed by atoms with E-state index in [-0.39, 0.29) is 17.8 Å². The largest absolute Gasteiger partial charge is 0.478 e. The van der Waals surface area contributed by atoms with Crippen LogP contribution in [0.5, 0.6) is 0 Å². The normalized spacial score (nSPS) is 11.7. The lowest BCUT2D eigenvalue weighted by molar-refractivity contribution is -0.132. The third-order valence-corrected chi connectivity index (χ3v) is 2.80. The Kier molecular flexibility index (Phi) is 5.68. The number of hydrogen-bond donors (Lipinski definition) is 3. The average molecular weight is 291 g/mol. The molecule has 0 fully saturated rings. The van der Waals surface area contributed by atoms with Gasteiger partial charge in [0.25, 0.3) is 0 Å². The molecule has 0 bridgehead atoms. The molecule has 0 aliphatic heterocycles. The maximum Gasteiger partial charge on any atom is 0.335 e. The van der Waals surface area contributed by atoms with Crippen molar-refractivity contribution in [3.8, 4) is 0 Å². The van der Waals surface area contributed by atoms with Gasteiger partial charge in [-0.05, 0) is 36.8 Å². The first-order valence-corrected chi connectivity index (χ1v) is 6.18. The van der Waals surface area contributed by atoms with Crippen molar-refractivity contribution in [2.45, 2.75) is 6.92 Å². The van der Waals surface area contributed by atoms with Crippen LogP contribution in [0, 0.1) is 5.82 Å². The minimum absolute atomic E-state index is 0.0285. The van der Waals surface area contributed by atoms with E-state index in [9.17, 15) is 9.18 Å². The van der Waals surface area contributed by atoms with Gasteiger partial charge in [0.05, 0.1) is 23.5 Å². The number of nitrogen functional groups attached to an aromatic ring is 1. The van der Waals surface area contributed by atoms with Crippen LogP contribution in [0.3, 0.4) is 0 Å². The summed E-state index contributed by atoms with van der Waals surface area (Å²) in [6, 6.07) is 3.94. The van der Waals surface area contributed by atoms with E-state index in [0.29, 0.717) is 5.69 Å². The average Bonchev–Trinajstić information content (AvgIpc) is 2.42. The zero-order valence-corrected chi connectivity index (χ0v) is 11.7. The summed E-state index contributed by atoms with van der Waals surface area (Å²) in [6.45, 7) is 5.49. The summed E-state index contributed by atoms with van der Waals surface area (Å²) in [6.07, 6.45) is 4.78. The lowest BCUT2D eigenvalue weighted by Gasteiger charge is -2.21. The number of carbonyl (C=O) groups is 1. The number of hydrogen-bond acceptors (Lipinski definition) is 4. The van der Waals surface area contributed by atoms with Crippen molar-refractivity contribution < 1.29 is 14.3 Å². The van der Waals surface area contributed by atoms with Crippen LogP contribution >= 0.6 is 0 Å². The molecule has 0 saturated heterocycles. The smallest absolute Gasteiger partial charge is 0.335 e. The van der Waals surface area contributed by atoms with E-state index >= 15 is 0 Å². The van der Waals surface area contributed by atoms with Gasteiger partial charge in [-0.25, -0.2) is 15.0 Å². The fourth-order valence-corrected chi connectivity index (χ4v) is 1.59. The summed E-state index contributed by atoms with van der Waals surface area (Å²) in [5.74, 6) is 4.38. The van der Waals surface area contributed by atoms with Gasteiger partial charge in [0.2, 0.25) is 0 Å². The fraction of sp³-hybridized carbons (Fsp3) is 0.133. The molecule has 1 aromatic rings. The van der Waals surface area contributed by atoms with Crippen LogP contribution in [0.4, 0.5) is 15.8 Å². The molecule has 0 aromatic heterocycles. The molecule has 0 unspecified atom stereocenters. The second-order valence-corrected chi connectivity index (χ2v) is 4.36. The topological polar surface area (TPSA) is 92.6 Å². The number of carboxylic acids is 1. The minimum atomic E-state index is -1.09. The van der Waals surface area contributed by atoms with Crippen LogP contribution in [-0.4, -0.2) is 17.6 Å². The Morgan fingerprint density at radius 1 is 1.48 bits per heavy atom. The van der Waals surface area contributed by atoms with E-state index in [4.69, 9.17) is 16.7 Å². The lowest BCUT2D eigenvalue weighted by atomic mass is 10.1. The van der Waals surface area contributed by atoms with E-state index in [1.165, 1.54) is 29.3 Å². The van der Waals surface area contributed by atoms with Crippen LogP contribution in [-0.2, 0) is 4.79 Å². The summed E-state index contributed by atoms with van der Waals surface area (Å²) >= 11 is 0. The Morgan fingerprint density at radius 3 is 2.67 bits per heavy atom. The molecule has 0 aliphatic rings. The molecule has 6 heteroatoms. The van der Waals surface area contributed by atoms with Gasteiger partial charge in [-0.2, -0.15) is 0 Å². The quantitative estimate of drug-likeness (QED) is 0.246. The molecular formula is C15H18FN3O2. The third kappa shape index (κ3) is 4.77. The Hall–Kier alpha value is -2.60. The standard InChI is InChI=1S/C15H18FN3O2/c1-3-11(5-4-10(2)15(20)21)9-19(18)14-7-6-12(16)8-13(14)17/h3-8H,2,9,17-18H2,1H3,(H,20,21)/b5-4-,11-3+. The number of nitrogens with zero attached hydrogens (tertiary/aromatic N) is 1. The van der Waals surface area contributed by atoms with Crippen LogP contribution < -0.4 is 16.6 Å². The highest BCUT2D eigenvalue weighted by molar-refractivity contribution is 5.89. The molecule has 0 spiro atoms. The Morgan fingerprint density at radius 2 is 2.14 bits per heavy atom. The van der Waals surface area contributed by atoms with Gasteiger partial charge in [0, 0.05) is 0 Å². The number of halogens is 1. The molecule has 0 atom stereocenters. The predicted octanol–water partition coefficient (Wildman–Crippen LogP) is 2.23. The Labute approximate surface area is 122 Å². The van der Waals surface area contributed by atoms with Crippen molar-refractivity contribution in [3.05, 3.63) is 60.0 Å². The SMILES string of the molecule is C=C(/C=C\C(=C/C)CN(N)c1ccc(F)cc1N)C(=O)O. The van der Waals surface area contributed by atoms with Crippen molar-refractivity contribution in [1.82, 2.24) is 0 Å². The highest BCUT2D eigenvalue weighted by Gasteiger charge is 2.08. The molecule has 112 valence electrons. The van der Waals surface area contributed by atoms with Gasteiger partial charge >= 0.3 is 5.97 Å². The summed E-state index contributed by atoms with van der Waals surface area (Å²) in [5.41, 5.74) is 7.16. The molecule has 0 aliphatic carbocycles. The maximum atomic E-state index is 13.0. The number of aliphatic carboxylic acids is 1. The molecule has 0 radical (unpaired) electrons. The molecule has 21 heavy (non-hydrogen) atoms. The van der Waals surface area contributed by atoms with Gasteiger partial charge < -0.3 is 15.8 Å². The zero-order chi connectivity index (χ0) is 16.0. The molecule has 0 amide bonds. The number of benzene rings is 1. The number of carboxylic acid groups (broad SMARTS) is 1. The molecule has 5 nitrogen and oxygen atoms in total. The minimum Gasteiger partial charge on any atom is -0.478 e. The highest BCUT2D eigenvalue weighted by atomic mass is 19.1. The molecule has 1 aromatic carbocycles. The van der Waals surface area contributed by atoms with E-state index < -0.39 is 11.8 Å². The van der Waals surface area contributed by atoms with Crippen LogP contribution in [0.2, 0.25) is 0 Å². The predicted molar refractivity (Wildman–Crippen MR) is 82.0 cm³/mol. The van der Waals surface area contributed by atoms with Crippen molar-refractivity contribution in [2.75, 3.05) is 17.3 Å². The summed E-state index contributed by atoms with van der Waals surface area (Å²) in [7, 11) is 0. The number of rotatable bonds is 6. The van der Waals surface area contributed by atoms with Crippen LogP contribution in [0.1, 0.15) is 6.92 Å². The lowest BCUT2D eigenvalue weighted by Crippen LogP contribution is -2.33. The van der Waals surface area contributed by atoms with Gasteiger partial charge in [0.1, 0.15) is 5.82 Å². The van der Waals surface area contributed by atoms with Gasteiger partial charge in [0.15, 0.2) is 0 Å². The van der Waals surface area contributed by atoms with E-state index in [1.807, 2.05) is 0 Å². The third-order valence-electron chi connectivity index (χ3n) is 2.80. The first-order chi connectivity index (χ1) is 9.85. The van der Waals surface area contributed by atoms with Crippen molar-refractivity contribution in [3.63, 3.8) is 0 Å². The fourth-order valence-electron chi connectivity index (χ4n) is 1.59. The molecule has 0 saturated carbocycles. The summed E-state index contributed by atoms with van der Waals surface area (Å²) in [5, 5.41) is 10.1.